The maximum Gasteiger partial charge on any atom is 0.234 e. The van der Waals surface area contributed by atoms with Crippen LogP contribution in [0, 0.1) is 0 Å². The van der Waals surface area contributed by atoms with Gasteiger partial charge in [-0.05, 0) is 45.0 Å². The van der Waals surface area contributed by atoms with Crippen molar-refractivity contribution in [2.75, 3.05) is 53.4 Å². The number of ether oxygens (including phenoxy) is 2. The zero-order valence-corrected chi connectivity index (χ0v) is 18.3. The van der Waals surface area contributed by atoms with Gasteiger partial charge in [-0.2, -0.15) is 0 Å². The van der Waals surface area contributed by atoms with E-state index in [-0.39, 0.29) is 18.1 Å². The summed E-state index contributed by atoms with van der Waals surface area (Å²) >= 11 is 0. The van der Waals surface area contributed by atoms with E-state index in [2.05, 4.69) is 25.4 Å². The third kappa shape index (κ3) is 7.81. The first-order chi connectivity index (χ1) is 13.9. The smallest absolute Gasteiger partial charge is 0.234 e. The van der Waals surface area contributed by atoms with Crippen LogP contribution in [0.1, 0.15) is 20.8 Å². The highest BCUT2D eigenvalue weighted by Gasteiger charge is 2.21. The van der Waals surface area contributed by atoms with Crippen molar-refractivity contribution in [3.8, 4) is 11.5 Å². The molecule has 1 fully saturated rings. The number of carbonyl (C=O) groups is 1. The molecule has 1 unspecified atom stereocenters. The third-order valence-electron chi connectivity index (χ3n) is 4.64. The van der Waals surface area contributed by atoms with E-state index >= 15 is 0 Å². The first-order valence-corrected chi connectivity index (χ1v) is 10.2. The van der Waals surface area contributed by atoms with Gasteiger partial charge < -0.3 is 25.0 Å². The van der Waals surface area contributed by atoms with E-state index < -0.39 is 0 Å². The average Bonchev–Trinajstić information content (AvgIpc) is 2.69. The van der Waals surface area contributed by atoms with Crippen molar-refractivity contribution in [3.05, 3.63) is 24.3 Å². The molecule has 1 aliphatic heterocycles. The molecule has 2 rings (SSSR count). The molecule has 1 heterocycles. The Kier molecular flexibility index (Phi) is 9.05. The summed E-state index contributed by atoms with van der Waals surface area (Å²) in [5.74, 6) is 2.56. The van der Waals surface area contributed by atoms with Crippen molar-refractivity contribution in [1.82, 2.24) is 20.4 Å². The second-order valence-corrected chi connectivity index (χ2v) is 7.52. The van der Waals surface area contributed by atoms with Crippen LogP contribution in [0.5, 0.6) is 11.5 Å². The summed E-state index contributed by atoms with van der Waals surface area (Å²) in [5.41, 5.74) is 0. The summed E-state index contributed by atoms with van der Waals surface area (Å²) in [7, 11) is 3.44. The Morgan fingerprint density at radius 3 is 2.28 bits per heavy atom. The number of nitrogens with zero attached hydrogens (tertiary/aromatic N) is 3. The zero-order chi connectivity index (χ0) is 21.2. The fraction of sp³-hybridized carbons (Fsp3) is 0.619. The summed E-state index contributed by atoms with van der Waals surface area (Å²) in [6.45, 7) is 10.4. The number of benzene rings is 1. The van der Waals surface area contributed by atoms with Crippen LogP contribution in [0.3, 0.4) is 0 Å². The highest BCUT2D eigenvalue weighted by Crippen LogP contribution is 2.18. The number of hydrogen-bond donors (Lipinski definition) is 2. The van der Waals surface area contributed by atoms with Gasteiger partial charge in [0.15, 0.2) is 5.96 Å². The zero-order valence-electron chi connectivity index (χ0n) is 18.3. The second kappa shape index (κ2) is 11.5. The molecule has 1 aromatic rings. The van der Waals surface area contributed by atoms with Crippen molar-refractivity contribution in [2.45, 2.75) is 32.9 Å². The van der Waals surface area contributed by atoms with Crippen molar-refractivity contribution >= 4 is 11.9 Å². The van der Waals surface area contributed by atoms with Gasteiger partial charge in [0.25, 0.3) is 0 Å². The van der Waals surface area contributed by atoms with E-state index in [1.165, 1.54) is 0 Å². The lowest BCUT2D eigenvalue weighted by Gasteiger charge is -2.36. The maximum atomic E-state index is 11.9. The minimum Gasteiger partial charge on any atom is -0.497 e. The SMILES string of the molecule is CN=C(NCC(C)Oc1ccc(OC)cc1)N1CCN(CC(=O)NC(C)C)CC1. The molecule has 8 heteroatoms. The van der Waals surface area contributed by atoms with Crippen molar-refractivity contribution < 1.29 is 14.3 Å². The van der Waals surface area contributed by atoms with E-state index in [4.69, 9.17) is 9.47 Å². The summed E-state index contributed by atoms with van der Waals surface area (Å²) < 4.78 is 11.1. The van der Waals surface area contributed by atoms with Gasteiger partial charge in [-0.25, -0.2) is 0 Å². The molecule has 8 nitrogen and oxygen atoms in total. The Hall–Kier alpha value is -2.48. The van der Waals surface area contributed by atoms with Crippen molar-refractivity contribution in [2.24, 2.45) is 4.99 Å². The average molecular weight is 406 g/mol. The first-order valence-electron chi connectivity index (χ1n) is 10.2. The fourth-order valence-electron chi connectivity index (χ4n) is 3.18. The topological polar surface area (TPSA) is 78.4 Å². The largest absolute Gasteiger partial charge is 0.497 e. The number of methoxy groups -OCH3 is 1. The minimum absolute atomic E-state index is 0.0128. The quantitative estimate of drug-likeness (QED) is 0.500. The van der Waals surface area contributed by atoms with Gasteiger partial charge in [0, 0.05) is 39.3 Å². The van der Waals surface area contributed by atoms with Crippen LogP contribution in [-0.2, 0) is 4.79 Å². The molecule has 0 bridgehead atoms. The molecule has 2 N–H and O–H groups in total. The van der Waals surface area contributed by atoms with E-state index in [0.717, 1.165) is 43.6 Å². The number of rotatable bonds is 8. The number of aliphatic imine (C=N–C) groups is 1. The Morgan fingerprint density at radius 2 is 1.72 bits per heavy atom. The molecule has 1 amide bonds. The van der Waals surface area contributed by atoms with Gasteiger partial charge in [-0.15, -0.1) is 0 Å². The molecule has 0 spiro atoms. The van der Waals surface area contributed by atoms with Crippen LogP contribution >= 0.6 is 0 Å². The maximum absolute atomic E-state index is 11.9. The van der Waals surface area contributed by atoms with E-state index in [1.807, 2.05) is 45.0 Å². The summed E-state index contributed by atoms with van der Waals surface area (Å²) in [5, 5.41) is 6.33. The van der Waals surface area contributed by atoms with E-state index in [1.54, 1.807) is 14.2 Å². The van der Waals surface area contributed by atoms with Crippen LogP contribution in [-0.4, -0.2) is 87.2 Å². The molecule has 0 aromatic heterocycles. The molecule has 1 aliphatic rings. The molecule has 1 saturated heterocycles. The molecule has 0 saturated carbocycles. The Balaban J connectivity index is 1.73. The Morgan fingerprint density at radius 1 is 1.10 bits per heavy atom. The Labute approximate surface area is 174 Å². The van der Waals surface area contributed by atoms with Gasteiger partial charge in [-0.1, -0.05) is 0 Å². The molecule has 1 aromatic carbocycles. The molecule has 0 radical (unpaired) electrons. The van der Waals surface area contributed by atoms with Crippen LogP contribution < -0.4 is 20.1 Å². The van der Waals surface area contributed by atoms with Gasteiger partial charge >= 0.3 is 0 Å². The van der Waals surface area contributed by atoms with Gasteiger partial charge in [0.2, 0.25) is 5.91 Å². The second-order valence-electron chi connectivity index (χ2n) is 7.52. The number of piperazine rings is 1. The molecule has 0 aliphatic carbocycles. The van der Waals surface area contributed by atoms with Crippen molar-refractivity contribution in [3.63, 3.8) is 0 Å². The predicted molar refractivity (Wildman–Crippen MR) is 116 cm³/mol. The van der Waals surface area contributed by atoms with E-state index in [9.17, 15) is 4.79 Å². The van der Waals surface area contributed by atoms with Gasteiger partial charge in [0.05, 0.1) is 20.2 Å². The molecule has 1 atom stereocenters. The number of amides is 1. The lowest BCUT2D eigenvalue weighted by atomic mass is 10.3. The molecule has 162 valence electrons. The van der Waals surface area contributed by atoms with Gasteiger partial charge in [-0.3, -0.25) is 14.7 Å². The normalized spacial score (nSPS) is 16.5. The Bertz CT molecular complexity index is 655. The molecular formula is C21H35N5O3. The summed E-state index contributed by atoms with van der Waals surface area (Å²) in [4.78, 5) is 20.7. The van der Waals surface area contributed by atoms with Crippen LogP contribution in [0.15, 0.2) is 29.3 Å². The number of carbonyl (C=O) groups excluding carboxylic acids is 1. The number of nitrogens with one attached hydrogen (secondary N) is 2. The lowest BCUT2D eigenvalue weighted by Crippen LogP contribution is -2.55. The van der Waals surface area contributed by atoms with E-state index in [0.29, 0.717) is 13.1 Å². The van der Waals surface area contributed by atoms with Crippen molar-refractivity contribution in [1.29, 1.82) is 0 Å². The summed E-state index contributed by atoms with van der Waals surface area (Å²) in [6, 6.07) is 7.75. The standard InChI is InChI=1S/C21H35N5O3/c1-16(2)24-20(27)15-25-10-12-26(13-11-25)21(22-4)23-14-17(3)29-19-8-6-18(28-5)7-9-19/h6-9,16-17H,10-15H2,1-5H3,(H,22,23)(H,24,27). The highest BCUT2D eigenvalue weighted by atomic mass is 16.5. The monoisotopic (exact) mass is 405 g/mol. The first kappa shape index (κ1) is 22.8. The minimum atomic E-state index is -0.0128. The molecular weight excluding hydrogens is 370 g/mol. The number of hydrogen-bond acceptors (Lipinski definition) is 5. The number of guanidine groups is 1. The summed E-state index contributed by atoms with van der Waals surface area (Å²) in [6.07, 6.45) is -0.0128. The molecule has 29 heavy (non-hydrogen) atoms. The third-order valence-corrected chi connectivity index (χ3v) is 4.64. The highest BCUT2D eigenvalue weighted by molar-refractivity contribution is 5.80. The van der Waals surface area contributed by atoms with Gasteiger partial charge in [0.1, 0.15) is 17.6 Å². The predicted octanol–water partition coefficient (Wildman–Crippen LogP) is 1.18. The van der Waals surface area contributed by atoms with Crippen LogP contribution in [0.2, 0.25) is 0 Å². The van der Waals surface area contributed by atoms with Crippen LogP contribution in [0.4, 0.5) is 0 Å². The lowest BCUT2D eigenvalue weighted by molar-refractivity contribution is -0.123. The van der Waals surface area contributed by atoms with Crippen LogP contribution in [0.25, 0.3) is 0 Å². The fourth-order valence-corrected chi connectivity index (χ4v) is 3.18.